The summed E-state index contributed by atoms with van der Waals surface area (Å²) in [6.07, 6.45) is 3.29. The largest absolute Gasteiger partial charge is 0.478 e. The summed E-state index contributed by atoms with van der Waals surface area (Å²) in [4.78, 5) is 26.6. The van der Waals surface area contributed by atoms with E-state index in [1.54, 1.807) is 18.3 Å². The fourth-order valence-electron chi connectivity index (χ4n) is 3.78. The van der Waals surface area contributed by atoms with Gasteiger partial charge >= 0.3 is 5.97 Å². The first kappa shape index (κ1) is 21.6. The second-order valence-electron chi connectivity index (χ2n) is 7.92. The molecule has 0 unspecified atom stereocenters. The first-order valence-corrected chi connectivity index (χ1v) is 10.9. The number of nitrogens with zero attached hydrogens (tertiary/aromatic N) is 4. The molecule has 0 atom stereocenters. The Kier molecular flexibility index (Phi) is 5.92. The summed E-state index contributed by atoms with van der Waals surface area (Å²) >= 11 is 0. The minimum atomic E-state index is -0.969. The number of carboxylic acid groups (broad SMARTS) is 1. The number of rotatable bonds is 6. The van der Waals surface area contributed by atoms with Crippen molar-refractivity contribution in [2.75, 3.05) is 36.5 Å². The highest BCUT2D eigenvalue weighted by Gasteiger charge is 2.15. The molecule has 172 valence electrons. The molecule has 0 radical (unpaired) electrons. The predicted octanol–water partition coefficient (Wildman–Crippen LogP) is 4.40. The van der Waals surface area contributed by atoms with Crippen molar-refractivity contribution < 1.29 is 19.4 Å². The molecular formula is C25H23N5O4. The number of morpholine rings is 1. The molecule has 5 rings (SSSR count). The molecule has 2 aromatic heterocycles. The number of hydrogen-bond donors (Lipinski definition) is 2. The second-order valence-corrected chi connectivity index (χ2v) is 7.92. The standard InChI is InChI=1S/C25H23N5O4/c1-16-12-18(4-7-22(16)34-19-5-2-17(3-6-19)25(31)32)29-24-20-13-23(30-8-10-33-11-9-30)26-14-21(20)27-15-28-24/h2-7,12-15H,8-11H2,1H3,(H,31,32)(H,27,28,29). The van der Waals surface area contributed by atoms with Crippen LogP contribution in [0.4, 0.5) is 17.3 Å². The molecule has 1 saturated heterocycles. The third-order valence-electron chi connectivity index (χ3n) is 5.61. The van der Waals surface area contributed by atoms with E-state index in [4.69, 9.17) is 14.6 Å². The molecule has 2 N–H and O–H groups in total. The minimum Gasteiger partial charge on any atom is -0.478 e. The zero-order valence-corrected chi connectivity index (χ0v) is 18.6. The number of aryl methyl sites for hydroxylation is 1. The van der Waals surface area contributed by atoms with Gasteiger partial charge in [0.25, 0.3) is 0 Å². The fraction of sp³-hybridized carbons (Fsp3) is 0.200. The van der Waals surface area contributed by atoms with E-state index in [1.165, 1.54) is 18.5 Å². The van der Waals surface area contributed by atoms with Crippen LogP contribution in [0.2, 0.25) is 0 Å². The van der Waals surface area contributed by atoms with E-state index in [-0.39, 0.29) is 5.56 Å². The Labute approximate surface area is 196 Å². The van der Waals surface area contributed by atoms with Gasteiger partial charge in [-0.2, -0.15) is 0 Å². The van der Waals surface area contributed by atoms with E-state index in [0.29, 0.717) is 30.5 Å². The van der Waals surface area contributed by atoms with Crippen molar-refractivity contribution >= 4 is 34.2 Å². The van der Waals surface area contributed by atoms with Crippen molar-refractivity contribution in [3.8, 4) is 11.5 Å². The smallest absolute Gasteiger partial charge is 0.335 e. The summed E-state index contributed by atoms with van der Waals surface area (Å²) < 4.78 is 11.4. The van der Waals surface area contributed by atoms with Gasteiger partial charge in [0.15, 0.2) is 0 Å². The average molecular weight is 457 g/mol. The third-order valence-corrected chi connectivity index (χ3v) is 5.61. The summed E-state index contributed by atoms with van der Waals surface area (Å²) in [5.74, 6) is 1.85. The van der Waals surface area contributed by atoms with E-state index in [2.05, 4.69) is 25.2 Å². The van der Waals surface area contributed by atoms with E-state index in [9.17, 15) is 4.79 Å². The quantitative estimate of drug-likeness (QED) is 0.435. The minimum absolute atomic E-state index is 0.215. The zero-order valence-electron chi connectivity index (χ0n) is 18.6. The van der Waals surface area contributed by atoms with E-state index < -0.39 is 5.97 Å². The van der Waals surface area contributed by atoms with Crippen molar-refractivity contribution in [2.24, 2.45) is 0 Å². The van der Waals surface area contributed by atoms with Gasteiger partial charge in [0, 0.05) is 24.2 Å². The molecule has 2 aromatic carbocycles. The summed E-state index contributed by atoms with van der Waals surface area (Å²) in [7, 11) is 0. The highest BCUT2D eigenvalue weighted by molar-refractivity contribution is 5.92. The van der Waals surface area contributed by atoms with Gasteiger partial charge in [0.2, 0.25) is 0 Å². The molecule has 0 spiro atoms. The van der Waals surface area contributed by atoms with Crippen molar-refractivity contribution in [2.45, 2.75) is 6.92 Å². The molecule has 3 heterocycles. The number of nitrogens with one attached hydrogen (secondary N) is 1. The topological polar surface area (TPSA) is 110 Å². The van der Waals surface area contributed by atoms with Crippen LogP contribution in [-0.2, 0) is 4.74 Å². The van der Waals surface area contributed by atoms with Crippen molar-refractivity contribution in [3.63, 3.8) is 0 Å². The SMILES string of the molecule is Cc1cc(Nc2ncnc3cnc(N4CCOCC4)cc23)ccc1Oc1ccc(C(=O)O)cc1. The Morgan fingerprint density at radius 3 is 2.59 bits per heavy atom. The zero-order chi connectivity index (χ0) is 23.5. The lowest BCUT2D eigenvalue weighted by atomic mass is 10.2. The molecule has 0 aliphatic carbocycles. The molecule has 1 aliphatic heterocycles. The number of aromatic carboxylic acids is 1. The number of pyridine rings is 1. The Morgan fingerprint density at radius 1 is 1.06 bits per heavy atom. The van der Waals surface area contributed by atoms with Crippen molar-refractivity contribution in [1.29, 1.82) is 0 Å². The first-order valence-electron chi connectivity index (χ1n) is 10.9. The van der Waals surface area contributed by atoms with Crippen LogP contribution in [0.3, 0.4) is 0 Å². The van der Waals surface area contributed by atoms with Crippen LogP contribution in [0.5, 0.6) is 11.5 Å². The summed E-state index contributed by atoms with van der Waals surface area (Å²) in [5.41, 5.74) is 2.75. The van der Waals surface area contributed by atoms with E-state index >= 15 is 0 Å². The van der Waals surface area contributed by atoms with Crippen LogP contribution in [0.1, 0.15) is 15.9 Å². The number of aromatic nitrogens is 3. The molecule has 4 aromatic rings. The van der Waals surface area contributed by atoms with Gasteiger partial charge < -0.3 is 24.8 Å². The number of ether oxygens (including phenoxy) is 2. The monoisotopic (exact) mass is 457 g/mol. The molecule has 34 heavy (non-hydrogen) atoms. The predicted molar refractivity (Wildman–Crippen MR) is 128 cm³/mol. The van der Waals surface area contributed by atoms with Gasteiger partial charge in [-0.15, -0.1) is 0 Å². The van der Waals surface area contributed by atoms with Crippen molar-refractivity contribution in [1.82, 2.24) is 15.0 Å². The summed E-state index contributed by atoms with van der Waals surface area (Å²) in [6.45, 7) is 4.93. The van der Waals surface area contributed by atoms with Gasteiger partial charge in [0.05, 0.1) is 30.5 Å². The number of hydrogen-bond acceptors (Lipinski definition) is 8. The number of anilines is 3. The van der Waals surface area contributed by atoms with Crippen LogP contribution in [0, 0.1) is 6.92 Å². The lowest BCUT2D eigenvalue weighted by molar-refractivity contribution is 0.0697. The Morgan fingerprint density at radius 2 is 1.85 bits per heavy atom. The lowest BCUT2D eigenvalue weighted by Gasteiger charge is -2.27. The molecule has 9 nitrogen and oxygen atoms in total. The Balaban J connectivity index is 1.37. The number of fused-ring (bicyclic) bond motifs is 1. The van der Waals surface area contributed by atoms with Gasteiger partial charge in [-0.25, -0.2) is 19.7 Å². The molecule has 0 amide bonds. The van der Waals surface area contributed by atoms with Crippen LogP contribution in [0.15, 0.2) is 61.1 Å². The van der Waals surface area contributed by atoms with Crippen LogP contribution in [-0.4, -0.2) is 52.3 Å². The second kappa shape index (κ2) is 9.32. The Hall–Kier alpha value is -4.24. The summed E-state index contributed by atoms with van der Waals surface area (Å²) in [6, 6.07) is 14.1. The maximum atomic E-state index is 11.0. The molecule has 1 aliphatic rings. The van der Waals surface area contributed by atoms with Crippen LogP contribution in [0.25, 0.3) is 10.9 Å². The van der Waals surface area contributed by atoms with E-state index in [0.717, 1.165) is 41.1 Å². The summed E-state index contributed by atoms with van der Waals surface area (Å²) in [5, 5.41) is 13.3. The molecule has 0 bridgehead atoms. The first-order chi connectivity index (χ1) is 16.6. The van der Waals surface area contributed by atoms with Crippen LogP contribution < -0.4 is 15.0 Å². The number of carbonyl (C=O) groups is 1. The average Bonchev–Trinajstić information content (AvgIpc) is 2.86. The highest BCUT2D eigenvalue weighted by atomic mass is 16.5. The van der Waals surface area contributed by atoms with Gasteiger partial charge in [-0.1, -0.05) is 0 Å². The molecular weight excluding hydrogens is 434 g/mol. The molecule has 1 fully saturated rings. The van der Waals surface area contributed by atoms with Gasteiger partial charge in [0.1, 0.15) is 29.5 Å². The lowest BCUT2D eigenvalue weighted by Crippen LogP contribution is -2.36. The molecule has 0 saturated carbocycles. The van der Waals surface area contributed by atoms with E-state index in [1.807, 2.05) is 31.2 Å². The van der Waals surface area contributed by atoms with Gasteiger partial charge in [-0.3, -0.25) is 0 Å². The van der Waals surface area contributed by atoms with Crippen molar-refractivity contribution in [3.05, 3.63) is 72.2 Å². The fourth-order valence-corrected chi connectivity index (χ4v) is 3.78. The molecule has 9 heteroatoms. The third kappa shape index (κ3) is 4.60. The number of carboxylic acids is 1. The van der Waals surface area contributed by atoms with Crippen LogP contribution >= 0.6 is 0 Å². The van der Waals surface area contributed by atoms with Gasteiger partial charge in [-0.05, 0) is 61.0 Å². The number of benzene rings is 2. The normalized spacial score (nSPS) is 13.6. The Bertz CT molecular complexity index is 1340. The maximum absolute atomic E-state index is 11.0. The maximum Gasteiger partial charge on any atom is 0.335 e. The highest BCUT2D eigenvalue weighted by Crippen LogP contribution is 2.30.